The van der Waals surface area contributed by atoms with Crippen LogP contribution in [0.5, 0.6) is 5.75 Å². The van der Waals surface area contributed by atoms with Crippen molar-refractivity contribution in [2.45, 2.75) is 6.10 Å². The molecule has 0 bridgehead atoms. The van der Waals surface area contributed by atoms with Crippen molar-refractivity contribution < 1.29 is 23.0 Å². The molecular formula is C10H9F2NO3. The summed E-state index contributed by atoms with van der Waals surface area (Å²) in [7, 11) is 0. The van der Waals surface area contributed by atoms with Gasteiger partial charge in [0.05, 0.1) is 6.54 Å². The third-order valence-corrected chi connectivity index (χ3v) is 2.02. The van der Waals surface area contributed by atoms with Crippen molar-refractivity contribution in [2.24, 2.45) is 0 Å². The van der Waals surface area contributed by atoms with Crippen LogP contribution in [-0.2, 0) is 4.74 Å². The number of carbonyl (C=O) groups excluding carboxylic acids is 1. The minimum absolute atomic E-state index is 0.0572. The molecule has 1 heterocycles. The lowest BCUT2D eigenvalue weighted by atomic mass is 10.3. The van der Waals surface area contributed by atoms with E-state index in [0.29, 0.717) is 6.54 Å². The second kappa shape index (κ2) is 4.34. The smallest absolute Gasteiger partial charge is 0.407 e. The Morgan fingerprint density at radius 3 is 2.62 bits per heavy atom. The van der Waals surface area contributed by atoms with Crippen molar-refractivity contribution in [2.75, 3.05) is 13.2 Å². The molecule has 1 fully saturated rings. The lowest BCUT2D eigenvalue weighted by Crippen LogP contribution is -2.22. The van der Waals surface area contributed by atoms with E-state index in [9.17, 15) is 13.6 Å². The van der Waals surface area contributed by atoms with E-state index in [4.69, 9.17) is 9.47 Å². The maximum Gasteiger partial charge on any atom is 0.407 e. The normalized spacial score (nSPS) is 19.1. The van der Waals surface area contributed by atoms with E-state index in [-0.39, 0.29) is 12.4 Å². The fourth-order valence-electron chi connectivity index (χ4n) is 1.33. The molecule has 0 spiro atoms. The van der Waals surface area contributed by atoms with Crippen LogP contribution >= 0.6 is 0 Å². The predicted octanol–water partition coefficient (Wildman–Crippen LogP) is 1.45. The molecule has 1 saturated heterocycles. The first-order chi connectivity index (χ1) is 7.63. The molecule has 1 N–H and O–H groups in total. The number of amides is 1. The first-order valence-corrected chi connectivity index (χ1v) is 4.67. The number of carbonyl (C=O) groups is 1. The molecule has 16 heavy (non-hydrogen) atoms. The monoisotopic (exact) mass is 229 g/mol. The van der Waals surface area contributed by atoms with Crippen molar-refractivity contribution in [3.8, 4) is 5.75 Å². The highest BCUT2D eigenvalue weighted by Gasteiger charge is 2.22. The van der Waals surface area contributed by atoms with Gasteiger partial charge >= 0.3 is 6.09 Å². The molecule has 4 nitrogen and oxygen atoms in total. The zero-order valence-corrected chi connectivity index (χ0v) is 8.20. The number of benzene rings is 1. The fraction of sp³-hybridized carbons (Fsp3) is 0.300. The van der Waals surface area contributed by atoms with Gasteiger partial charge < -0.3 is 14.8 Å². The second-order valence-corrected chi connectivity index (χ2v) is 3.32. The number of cyclic esters (lactones) is 1. The van der Waals surface area contributed by atoms with Crippen LogP contribution in [-0.4, -0.2) is 25.3 Å². The van der Waals surface area contributed by atoms with Gasteiger partial charge in [0.15, 0.2) is 6.10 Å². The molecule has 86 valence electrons. The fourth-order valence-corrected chi connectivity index (χ4v) is 1.33. The van der Waals surface area contributed by atoms with Gasteiger partial charge in [0.1, 0.15) is 24.0 Å². The molecular weight excluding hydrogens is 220 g/mol. The van der Waals surface area contributed by atoms with Crippen LogP contribution in [0.25, 0.3) is 0 Å². The summed E-state index contributed by atoms with van der Waals surface area (Å²) in [6.45, 7) is 0.387. The van der Waals surface area contributed by atoms with Crippen molar-refractivity contribution >= 4 is 6.09 Å². The summed E-state index contributed by atoms with van der Waals surface area (Å²) in [5.41, 5.74) is 0. The zero-order chi connectivity index (χ0) is 11.5. The summed E-state index contributed by atoms with van der Waals surface area (Å²) in [6, 6.07) is 2.88. The zero-order valence-electron chi connectivity index (χ0n) is 8.20. The van der Waals surface area contributed by atoms with Crippen LogP contribution in [0, 0.1) is 11.6 Å². The molecule has 1 aliphatic rings. The standard InChI is InChI=1S/C10H9F2NO3/c11-6-1-7(12)3-8(2-6)15-5-9-4-13-10(14)16-9/h1-3,9H,4-5H2,(H,13,14). The molecule has 2 rings (SSSR count). The van der Waals surface area contributed by atoms with Gasteiger partial charge in [-0.05, 0) is 0 Å². The Bertz CT molecular complexity index is 391. The molecule has 1 amide bonds. The predicted molar refractivity (Wildman–Crippen MR) is 50.1 cm³/mol. The second-order valence-electron chi connectivity index (χ2n) is 3.32. The Kier molecular flexibility index (Phi) is 2.89. The summed E-state index contributed by atoms with van der Waals surface area (Å²) in [5.74, 6) is -1.35. The lowest BCUT2D eigenvalue weighted by molar-refractivity contribution is 0.104. The lowest BCUT2D eigenvalue weighted by Gasteiger charge is -2.10. The van der Waals surface area contributed by atoms with Crippen molar-refractivity contribution in [3.63, 3.8) is 0 Å². The maximum atomic E-state index is 12.8. The molecule has 0 radical (unpaired) electrons. The van der Waals surface area contributed by atoms with E-state index in [1.54, 1.807) is 0 Å². The van der Waals surface area contributed by atoms with Gasteiger partial charge in [-0.15, -0.1) is 0 Å². The highest BCUT2D eigenvalue weighted by atomic mass is 19.1. The van der Waals surface area contributed by atoms with Gasteiger partial charge in [-0.2, -0.15) is 0 Å². The summed E-state index contributed by atoms with van der Waals surface area (Å²) in [5, 5.41) is 2.44. The molecule has 1 unspecified atom stereocenters. The minimum Gasteiger partial charge on any atom is -0.489 e. The van der Waals surface area contributed by atoms with Gasteiger partial charge in [-0.3, -0.25) is 0 Å². The highest BCUT2D eigenvalue weighted by molar-refractivity contribution is 5.69. The molecule has 0 aromatic heterocycles. The largest absolute Gasteiger partial charge is 0.489 e. The van der Waals surface area contributed by atoms with Gasteiger partial charge in [0.2, 0.25) is 0 Å². The Hall–Kier alpha value is -1.85. The van der Waals surface area contributed by atoms with Crippen LogP contribution in [0.3, 0.4) is 0 Å². The first kappa shape index (κ1) is 10.7. The van der Waals surface area contributed by atoms with Crippen LogP contribution in [0.1, 0.15) is 0 Å². The maximum absolute atomic E-state index is 12.8. The molecule has 1 aromatic carbocycles. The molecule has 1 aromatic rings. The highest BCUT2D eigenvalue weighted by Crippen LogP contribution is 2.16. The number of hydrogen-bond acceptors (Lipinski definition) is 3. The van der Waals surface area contributed by atoms with Crippen molar-refractivity contribution in [1.82, 2.24) is 5.32 Å². The molecule has 6 heteroatoms. The third-order valence-electron chi connectivity index (χ3n) is 2.02. The molecule has 0 saturated carbocycles. The van der Waals surface area contributed by atoms with Crippen LogP contribution in [0.15, 0.2) is 18.2 Å². The SMILES string of the molecule is O=C1NCC(COc2cc(F)cc(F)c2)O1. The average molecular weight is 229 g/mol. The quantitative estimate of drug-likeness (QED) is 0.853. The summed E-state index contributed by atoms with van der Waals surface area (Å²) in [6.07, 6.45) is -0.946. The summed E-state index contributed by atoms with van der Waals surface area (Å²) < 4.78 is 35.4. The topological polar surface area (TPSA) is 47.6 Å². The Morgan fingerprint density at radius 2 is 2.06 bits per heavy atom. The number of alkyl carbamates (subject to hydrolysis) is 1. The molecule has 0 aliphatic carbocycles. The van der Waals surface area contributed by atoms with Gasteiger partial charge in [-0.25, -0.2) is 13.6 Å². The Balaban J connectivity index is 1.91. The van der Waals surface area contributed by atoms with E-state index in [0.717, 1.165) is 18.2 Å². The van der Waals surface area contributed by atoms with Crippen LogP contribution < -0.4 is 10.1 Å². The molecule has 1 atom stereocenters. The van der Waals surface area contributed by atoms with Crippen molar-refractivity contribution in [3.05, 3.63) is 29.8 Å². The molecule has 1 aliphatic heterocycles. The Labute approximate surface area is 90.2 Å². The van der Waals surface area contributed by atoms with E-state index < -0.39 is 23.8 Å². The van der Waals surface area contributed by atoms with Crippen molar-refractivity contribution in [1.29, 1.82) is 0 Å². The van der Waals surface area contributed by atoms with Gasteiger partial charge in [0, 0.05) is 18.2 Å². The van der Waals surface area contributed by atoms with E-state index in [2.05, 4.69) is 5.32 Å². The number of halogens is 2. The number of hydrogen-bond donors (Lipinski definition) is 1. The van der Waals surface area contributed by atoms with Gasteiger partial charge in [-0.1, -0.05) is 0 Å². The van der Waals surface area contributed by atoms with E-state index >= 15 is 0 Å². The third kappa shape index (κ3) is 2.59. The summed E-state index contributed by atoms with van der Waals surface area (Å²) >= 11 is 0. The minimum atomic E-state index is -0.712. The summed E-state index contributed by atoms with van der Waals surface area (Å²) in [4.78, 5) is 10.7. The van der Waals surface area contributed by atoms with Gasteiger partial charge in [0.25, 0.3) is 0 Å². The van der Waals surface area contributed by atoms with E-state index in [1.165, 1.54) is 0 Å². The van der Waals surface area contributed by atoms with Crippen LogP contribution in [0.4, 0.5) is 13.6 Å². The van der Waals surface area contributed by atoms with E-state index in [1.807, 2.05) is 0 Å². The average Bonchev–Trinajstić information content (AvgIpc) is 2.60. The Morgan fingerprint density at radius 1 is 1.38 bits per heavy atom. The number of ether oxygens (including phenoxy) is 2. The first-order valence-electron chi connectivity index (χ1n) is 4.67. The number of nitrogens with one attached hydrogen (secondary N) is 1. The van der Waals surface area contributed by atoms with Crippen LogP contribution in [0.2, 0.25) is 0 Å². The number of rotatable bonds is 3.